The maximum atomic E-state index is 5.30. The van der Waals surface area contributed by atoms with Gasteiger partial charge in [0.15, 0.2) is 5.65 Å². The number of hydrogen-bond acceptors (Lipinski definition) is 5. The molecule has 0 aromatic carbocycles. The van der Waals surface area contributed by atoms with Crippen LogP contribution in [0.1, 0.15) is 51.3 Å². The third kappa shape index (κ3) is 3.47. The Morgan fingerprint density at radius 3 is 2.74 bits per heavy atom. The molecule has 0 aliphatic heterocycles. The predicted octanol–water partition coefficient (Wildman–Crippen LogP) is 3.11. The zero-order valence-electron chi connectivity index (χ0n) is 14.6. The van der Waals surface area contributed by atoms with Crippen molar-refractivity contribution in [2.75, 3.05) is 25.6 Å². The number of ether oxygens (including phenoxy) is 1. The SMILES string of the molecule is COCC(C)(C)CNc1nc(C2CCCC2)nc2c1cnn2C. The van der Waals surface area contributed by atoms with Crippen molar-refractivity contribution < 1.29 is 4.74 Å². The van der Waals surface area contributed by atoms with Gasteiger partial charge in [0.05, 0.1) is 18.2 Å². The van der Waals surface area contributed by atoms with Crippen LogP contribution in [0.15, 0.2) is 6.20 Å². The fraction of sp³-hybridized carbons (Fsp3) is 0.706. The number of hydrogen-bond donors (Lipinski definition) is 1. The fourth-order valence-electron chi connectivity index (χ4n) is 3.31. The summed E-state index contributed by atoms with van der Waals surface area (Å²) >= 11 is 0. The number of aromatic nitrogens is 4. The zero-order valence-corrected chi connectivity index (χ0v) is 14.6. The summed E-state index contributed by atoms with van der Waals surface area (Å²) in [5.41, 5.74) is 0.954. The summed E-state index contributed by atoms with van der Waals surface area (Å²) in [5, 5.41) is 8.85. The van der Waals surface area contributed by atoms with Crippen molar-refractivity contribution in [1.29, 1.82) is 0 Å². The predicted molar refractivity (Wildman–Crippen MR) is 91.7 cm³/mol. The fourth-order valence-corrected chi connectivity index (χ4v) is 3.31. The molecule has 2 aromatic heterocycles. The van der Waals surface area contributed by atoms with Crippen molar-refractivity contribution >= 4 is 16.9 Å². The lowest BCUT2D eigenvalue weighted by Gasteiger charge is -2.24. The zero-order chi connectivity index (χ0) is 16.4. The van der Waals surface area contributed by atoms with Crippen molar-refractivity contribution in [3.05, 3.63) is 12.0 Å². The summed E-state index contributed by atoms with van der Waals surface area (Å²) in [6.45, 7) is 5.87. The van der Waals surface area contributed by atoms with Gasteiger partial charge in [-0.1, -0.05) is 26.7 Å². The smallest absolute Gasteiger partial charge is 0.163 e. The Bertz CT molecular complexity index is 673. The average Bonchev–Trinajstić information content (AvgIpc) is 3.15. The highest BCUT2D eigenvalue weighted by Gasteiger charge is 2.23. The quantitative estimate of drug-likeness (QED) is 0.887. The van der Waals surface area contributed by atoms with Gasteiger partial charge in [0.25, 0.3) is 0 Å². The second kappa shape index (κ2) is 6.43. The van der Waals surface area contributed by atoms with Gasteiger partial charge in [-0.3, -0.25) is 4.68 Å². The number of fused-ring (bicyclic) bond motifs is 1. The largest absolute Gasteiger partial charge is 0.384 e. The van der Waals surface area contributed by atoms with Gasteiger partial charge in [0.2, 0.25) is 0 Å². The Balaban J connectivity index is 1.91. The van der Waals surface area contributed by atoms with E-state index >= 15 is 0 Å². The van der Waals surface area contributed by atoms with E-state index in [1.165, 1.54) is 25.7 Å². The molecule has 1 N–H and O–H groups in total. The van der Waals surface area contributed by atoms with Crippen molar-refractivity contribution in [3.8, 4) is 0 Å². The summed E-state index contributed by atoms with van der Waals surface area (Å²) in [7, 11) is 3.68. The first-order valence-corrected chi connectivity index (χ1v) is 8.42. The molecule has 0 bridgehead atoms. The van der Waals surface area contributed by atoms with Gasteiger partial charge in [-0.05, 0) is 12.8 Å². The van der Waals surface area contributed by atoms with Crippen LogP contribution in [0.3, 0.4) is 0 Å². The molecule has 0 unspecified atom stereocenters. The van der Waals surface area contributed by atoms with Gasteiger partial charge >= 0.3 is 0 Å². The van der Waals surface area contributed by atoms with Crippen LogP contribution in [-0.2, 0) is 11.8 Å². The number of anilines is 1. The summed E-state index contributed by atoms with van der Waals surface area (Å²) in [5.74, 6) is 2.35. The van der Waals surface area contributed by atoms with E-state index in [9.17, 15) is 0 Å². The van der Waals surface area contributed by atoms with E-state index < -0.39 is 0 Å². The molecule has 3 rings (SSSR count). The Labute approximate surface area is 137 Å². The third-order valence-electron chi connectivity index (χ3n) is 4.60. The van der Waals surface area contributed by atoms with Crippen LogP contribution in [0.2, 0.25) is 0 Å². The monoisotopic (exact) mass is 317 g/mol. The molecule has 23 heavy (non-hydrogen) atoms. The maximum absolute atomic E-state index is 5.30. The third-order valence-corrected chi connectivity index (χ3v) is 4.60. The first kappa shape index (κ1) is 16.2. The van der Waals surface area contributed by atoms with E-state index in [2.05, 4.69) is 24.3 Å². The minimum atomic E-state index is 0.0434. The topological polar surface area (TPSA) is 64.9 Å². The first-order valence-electron chi connectivity index (χ1n) is 8.42. The van der Waals surface area contributed by atoms with E-state index in [4.69, 9.17) is 14.7 Å². The van der Waals surface area contributed by atoms with E-state index in [0.717, 1.165) is 29.2 Å². The molecule has 0 atom stereocenters. The van der Waals surface area contributed by atoms with Gasteiger partial charge in [0, 0.05) is 32.0 Å². The van der Waals surface area contributed by atoms with Gasteiger partial charge in [-0.15, -0.1) is 0 Å². The molecule has 1 saturated carbocycles. The molecule has 126 valence electrons. The Morgan fingerprint density at radius 1 is 1.30 bits per heavy atom. The lowest BCUT2D eigenvalue weighted by Crippen LogP contribution is -2.28. The van der Waals surface area contributed by atoms with E-state index in [-0.39, 0.29) is 5.41 Å². The molecular weight excluding hydrogens is 290 g/mol. The van der Waals surface area contributed by atoms with Crippen molar-refractivity contribution in [3.63, 3.8) is 0 Å². The van der Waals surface area contributed by atoms with Gasteiger partial charge in [-0.25, -0.2) is 9.97 Å². The van der Waals surface area contributed by atoms with Crippen LogP contribution in [0.4, 0.5) is 5.82 Å². The Hall–Kier alpha value is -1.69. The summed E-state index contributed by atoms with van der Waals surface area (Å²) in [6, 6.07) is 0. The highest BCUT2D eigenvalue weighted by atomic mass is 16.5. The number of aryl methyl sites for hydroxylation is 1. The lowest BCUT2D eigenvalue weighted by molar-refractivity contribution is 0.112. The molecule has 1 aliphatic carbocycles. The van der Waals surface area contributed by atoms with Crippen LogP contribution in [0.5, 0.6) is 0 Å². The molecule has 2 aromatic rings. The first-order chi connectivity index (χ1) is 11.0. The Kier molecular flexibility index (Phi) is 4.53. The molecule has 0 radical (unpaired) electrons. The molecule has 1 aliphatic rings. The second-order valence-electron chi connectivity index (χ2n) is 7.37. The van der Waals surface area contributed by atoms with Crippen molar-refractivity contribution in [2.24, 2.45) is 12.5 Å². The number of methoxy groups -OCH3 is 1. The van der Waals surface area contributed by atoms with Crippen molar-refractivity contribution in [1.82, 2.24) is 19.7 Å². The van der Waals surface area contributed by atoms with Crippen molar-refractivity contribution in [2.45, 2.75) is 45.4 Å². The molecule has 1 fully saturated rings. The minimum absolute atomic E-state index is 0.0434. The summed E-state index contributed by atoms with van der Waals surface area (Å²) in [6.07, 6.45) is 6.79. The van der Waals surface area contributed by atoms with Gasteiger partial charge in [-0.2, -0.15) is 5.10 Å². The van der Waals surface area contributed by atoms with Crippen LogP contribution >= 0.6 is 0 Å². The summed E-state index contributed by atoms with van der Waals surface area (Å²) < 4.78 is 7.14. The van der Waals surface area contributed by atoms with Crippen LogP contribution in [0, 0.1) is 5.41 Å². The summed E-state index contributed by atoms with van der Waals surface area (Å²) in [4.78, 5) is 9.63. The van der Waals surface area contributed by atoms with E-state index in [0.29, 0.717) is 12.5 Å². The number of nitrogens with zero attached hydrogens (tertiary/aromatic N) is 4. The highest BCUT2D eigenvalue weighted by Crippen LogP contribution is 2.34. The normalized spacial score (nSPS) is 16.3. The molecule has 0 spiro atoms. The number of nitrogens with one attached hydrogen (secondary N) is 1. The molecular formula is C17H27N5O. The van der Waals surface area contributed by atoms with Crippen LogP contribution < -0.4 is 5.32 Å². The second-order valence-corrected chi connectivity index (χ2v) is 7.37. The number of rotatable bonds is 6. The van der Waals surface area contributed by atoms with Crippen LogP contribution in [0.25, 0.3) is 11.0 Å². The molecule has 6 heteroatoms. The van der Waals surface area contributed by atoms with Crippen LogP contribution in [-0.4, -0.2) is 40.0 Å². The molecule has 0 amide bonds. The average molecular weight is 317 g/mol. The molecule has 2 heterocycles. The molecule has 0 saturated heterocycles. The standard InChI is InChI=1S/C17H27N5O/c1-17(2,11-23-4)10-18-15-13-9-19-22(3)16(13)21-14(20-15)12-7-5-6-8-12/h9,12H,5-8,10-11H2,1-4H3,(H,18,20,21). The minimum Gasteiger partial charge on any atom is -0.384 e. The van der Waals surface area contributed by atoms with Gasteiger partial charge in [0.1, 0.15) is 11.6 Å². The van der Waals surface area contributed by atoms with E-state index in [1.807, 2.05) is 17.9 Å². The highest BCUT2D eigenvalue weighted by molar-refractivity contribution is 5.86. The van der Waals surface area contributed by atoms with Gasteiger partial charge < -0.3 is 10.1 Å². The molecule has 6 nitrogen and oxygen atoms in total. The lowest BCUT2D eigenvalue weighted by atomic mass is 9.95. The maximum Gasteiger partial charge on any atom is 0.163 e. The Morgan fingerprint density at radius 2 is 2.04 bits per heavy atom. The van der Waals surface area contributed by atoms with E-state index in [1.54, 1.807) is 7.11 Å².